The van der Waals surface area contributed by atoms with E-state index in [0.717, 1.165) is 18.7 Å². The Bertz CT molecular complexity index is 519. The molecule has 0 heterocycles. The van der Waals surface area contributed by atoms with Crippen molar-refractivity contribution in [3.8, 4) is 0 Å². The van der Waals surface area contributed by atoms with Gasteiger partial charge >= 0.3 is 0 Å². The van der Waals surface area contributed by atoms with Gasteiger partial charge in [-0.1, -0.05) is 40.2 Å². The molecule has 0 saturated heterocycles. The van der Waals surface area contributed by atoms with Crippen molar-refractivity contribution in [2.24, 2.45) is 4.99 Å². The van der Waals surface area contributed by atoms with E-state index in [9.17, 15) is 0 Å². The number of benzene rings is 1. The van der Waals surface area contributed by atoms with Gasteiger partial charge in [0.25, 0.3) is 0 Å². The van der Waals surface area contributed by atoms with E-state index in [1.54, 1.807) is 0 Å². The highest BCUT2D eigenvalue weighted by atomic mass is 14.7. The molecule has 0 bridgehead atoms. The van der Waals surface area contributed by atoms with E-state index in [2.05, 4.69) is 59.5 Å². The number of nitrogens with zero attached hydrogens (tertiary/aromatic N) is 1. The lowest BCUT2D eigenvalue weighted by atomic mass is 9.81. The minimum atomic E-state index is 0.0857. The average Bonchev–Trinajstić information content (AvgIpc) is 2.38. The van der Waals surface area contributed by atoms with Gasteiger partial charge in [-0.15, -0.1) is 0 Å². The van der Waals surface area contributed by atoms with Crippen molar-refractivity contribution in [2.45, 2.75) is 73.1 Å². The number of nitrogen functional groups attached to an aromatic ring is 1. The molecular formula is C19H32N2. The van der Waals surface area contributed by atoms with E-state index in [1.807, 2.05) is 0 Å². The van der Waals surface area contributed by atoms with Gasteiger partial charge < -0.3 is 5.73 Å². The number of aryl methyl sites for hydroxylation is 1. The zero-order valence-corrected chi connectivity index (χ0v) is 14.9. The van der Waals surface area contributed by atoms with Crippen molar-refractivity contribution in [2.75, 3.05) is 12.3 Å². The summed E-state index contributed by atoms with van der Waals surface area (Å²) in [5, 5.41) is 0. The van der Waals surface area contributed by atoms with Crippen LogP contribution in [-0.4, -0.2) is 12.3 Å². The molecule has 0 aromatic heterocycles. The van der Waals surface area contributed by atoms with Crippen LogP contribution in [0, 0.1) is 13.8 Å². The number of nitrogens with two attached hydrogens (primary N) is 1. The minimum absolute atomic E-state index is 0.0857. The zero-order chi connectivity index (χ0) is 16.2. The number of aliphatic imine (C=N–C) groups is 1. The number of hydrogen-bond acceptors (Lipinski definition) is 2. The van der Waals surface area contributed by atoms with E-state index in [-0.39, 0.29) is 5.41 Å². The average molecular weight is 288 g/mol. The van der Waals surface area contributed by atoms with Crippen LogP contribution in [0.1, 0.15) is 69.7 Å². The van der Waals surface area contributed by atoms with Crippen LogP contribution in [-0.2, 0) is 11.8 Å². The Hall–Kier alpha value is -1.31. The van der Waals surface area contributed by atoms with Gasteiger partial charge in [-0.05, 0) is 54.9 Å². The molecule has 118 valence electrons. The van der Waals surface area contributed by atoms with E-state index >= 15 is 0 Å². The van der Waals surface area contributed by atoms with Gasteiger partial charge in [0.2, 0.25) is 0 Å². The van der Waals surface area contributed by atoms with Crippen LogP contribution >= 0.6 is 0 Å². The summed E-state index contributed by atoms with van der Waals surface area (Å²) in [5.74, 6) is 0. The van der Waals surface area contributed by atoms with Gasteiger partial charge in [-0.3, -0.25) is 4.99 Å². The second-order valence-corrected chi connectivity index (χ2v) is 7.16. The standard InChI is InChI=1S/C19H32N2/c1-8-9-10-21-14(3)12-16-13(2)11-17(19(5,6)7)18(20)15(16)4/h11H,8-10,12,20H2,1-7H3. The number of hydrogen-bond donors (Lipinski definition) is 1. The first-order valence-corrected chi connectivity index (χ1v) is 8.07. The molecular weight excluding hydrogens is 256 g/mol. The number of rotatable bonds is 5. The summed E-state index contributed by atoms with van der Waals surface area (Å²) >= 11 is 0. The highest BCUT2D eigenvalue weighted by Crippen LogP contribution is 2.33. The van der Waals surface area contributed by atoms with Gasteiger partial charge in [0.05, 0.1) is 0 Å². The fraction of sp³-hybridized carbons (Fsp3) is 0.632. The predicted molar refractivity (Wildman–Crippen MR) is 95.6 cm³/mol. The summed E-state index contributed by atoms with van der Waals surface area (Å²) in [4.78, 5) is 4.67. The zero-order valence-electron chi connectivity index (χ0n) is 14.9. The topological polar surface area (TPSA) is 38.4 Å². The third-order valence-electron chi connectivity index (χ3n) is 4.12. The summed E-state index contributed by atoms with van der Waals surface area (Å²) in [6.07, 6.45) is 3.28. The van der Waals surface area contributed by atoms with Crippen LogP contribution in [0.25, 0.3) is 0 Å². The van der Waals surface area contributed by atoms with Crippen molar-refractivity contribution in [3.63, 3.8) is 0 Å². The molecule has 0 aliphatic carbocycles. The predicted octanol–water partition coefficient (Wildman–Crippen LogP) is 4.99. The molecule has 2 nitrogen and oxygen atoms in total. The van der Waals surface area contributed by atoms with Crippen molar-refractivity contribution < 1.29 is 0 Å². The van der Waals surface area contributed by atoms with E-state index < -0.39 is 0 Å². The molecule has 1 aromatic rings. The summed E-state index contributed by atoms with van der Waals surface area (Å²) in [5.41, 5.74) is 13.8. The Morgan fingerprint density at radius 1 is 1.24 bits per heavy atom. The molecule has 0 aliphatic rings. The van der Waals surface area contributed by atoms with E-state index in [1.165, 1.54) is 40.8 Å². The van der Waals surface area contributed by atoms with Crippen LogP contribution in [0.2, 0.25) is 0 Å². The largest absolute Gasteiger partial charge is 0.398 e. The molecule has 2 N–H and O–H groups in total. The van der Waals surface area contributed by atoms with E-state index in [4.69, 9.17) is 5.73 Å². The van der Waals surface area contributed by atoms with Gasteiger partial charge in [0.15, 0.2) is 0 Å². The lowest BCUT2D eigenvalue weighted by Crippen LogP contribution is -2.17. The van der Waals surface area contributed by atoms with Gasteiger partial charge in [-0.2, -0.15) is 0 Å². The quantitative estimate of drug-likeness (QED) is 0.463. The van der Waals surface area contributed by atoms with Crippen LogP contribution < -0.4 is 5.73 Å². The molecule has 0 amide bonds. The Kier molecular flexibility index (Phi) is 6.00. The van der Waals surface area contributed by atoms with Crippen molar-refractivity contribution in [1.82, 2.24) is 0 Å². The molecule has 0 spiro atoms. The highest BCUT2D eigenvalue weighted by Gasteiger charge is 2.20. The molecule has 0 atom stereocenters. The SMILES string of the molecule is CCCCN=C(C)Cc1c(C)cc(C(C)(C)C)c(N)c1C. The molecule has 0 aliphatic heterocycles. The highest BCUT2D eigenvalue weighted by molar-refractivity contribution is 5.85. The molecule has 0 saturated carbocycles. The molecule has 21 heavy (non-hydrogen) atoms. The van der Waals surface area contributed by atoms with Crippen LogP contribution in [0.15, 0.2) is 11.1 Å². The molecule has 1 aromatic carbocycles. The maximum absolute atomic E-state index is 6.40. The van der Waals surface area contributed by atoms with Gasteiger partial charge in [0.1, 0.15) is 0 Å². The minimum Gasteiger partial charge on any atom is -0.398 e. The molecule has 0 fully saturated rings. The summed E-state index contributed by atoms with van der Waals surface area (Å²) in [6, 6.07) is 2.26. The third kappa shape index (κ3) is 4.59. The van der Waals surface area contributed by atoms with Crippen LogP contribution in [0.5, 0.6) is 0 Å². The maximum Gasteiger partial charge on any atom is 0.0388 e. The first kappa shape index (κ1) is 17.7. The van der Waals surface area contributed by atoms with Gasteiger partial charge in [-0.25, -0.2) is 0 Å². The fourth-order valence-corrected chi connectivity index (χ4v) is 2.67. The Labute approximate surface area is 130 Å². The summed E-state index contributed by atoms with van der Waals surface area (Å²) in [6.45, 7) is 16.3. The van der Waals surface area contributed by atoms with Crippen LogP contribution in [0.3, 0.4) is 0 Å². The lowest BCUT2D eigenvalue weighted by Gasteiger charge is -2.25. The number of unbranched alkanes of at least 4 members (excludes halogenated alkanes) is 1. The van der Waals surface area contributed by atoms with Crippen molar-refractivity contribution >= 4 is 11.4 Å². The smallest absolute Gasteiger partial charge is 0.0388 e. The summed E-state index contributed by atoms with van der Waals surface area (Å²) < 4.78 is 0. The first-order valence-electron chi connectivity index (χ1n) is 8.07. The lowest BCUT2D eigenvalue weighted by molar-refractivity contribution is 0.591. The molecule has 2 heteroatoms. The van der Waals surface area contributed by atoms with E-state index in [0.29, 0.717) is 0 Å². The monoisotopic (exact) mass is 288 g/mol. The maximum atomic E-state index is 6.40. The third-order valence-corrected chi connectivity index (χ3v) is 4.12. The Morgan fingerprint density at radius 3 is 2.38 bits per heavy atom. The molecule has 0 radical (unpaired) electrons. The Balaban J connectivity index is 3.11. The van der Waals surface area contributed by atoms with Crippen molar-refractivity contribution in [1.29, 1.82) is 0 Å². The molecule has 0 unspecified atom stereocenters. The number of anilines is 1. The van der Waals surface area contributed by atoms with Crippen molar-refractivity contribution in [3.05, 3.63) is 28.3 Å². The summed E-state index contributed by atoms with van der Waals surface area (Å²) in [7, 11) is 0. The Morgan fingerprint density at radius 2 is 1.86 bits per heavy atom. The normalized spacial score (nSPS) is 12.8. The fourth-order valence-electron chi connectivity index (χ4n) is 2.67. The molecule has 1 rings (SSSR count). The van der Waals surface area contributed by atoms with Gasteiger partial charge in [0, 0.05) is 24.4 Å². The van der Waals surface area contributed by atoms with Crippen LogP contribution in [0.4, 0.5) is 5.69 Å². The second-order valence-electron chi connectivity index (χ2n) is 7.16. The second kappa shape index (κ2) is 7.11. The first-order chi connectivity index (χ1) is 9.68.